The summed E-state index contributed by atoms with van der Waals surface area (Å²) < 4.78 is 2.87. The van der Waals surface area contributed by atoms with Crippen LogP contribution in [0.2, 0.25) is 0 Å². The van der Waals surface area contributed by atoms with E-state index in [0.717, 1.165) is 17.3 Å². The summed E-state index contributed by atoms with van der Waals surface area (Å²) >= 11 is 3.39. The van der Waals surface area contributed by atoms with Crippen molar-refractivity contribution < 1.29 is 9.59 Å². The lowest BCUT2D eigenvalue weighted by Gasteiger charge is -2.10. The summed E-state index contributed by atoms with van der Waals surface area (Å²) in [5.74, 6) is 0.0376. The molecule has 1 aromatic heterocycles. The predicted molar refractivity (Wildman–Crippen MR) is 80.6 cm³/mol. The molecule has 1 aromatic rings. The SMILES string of the molecule is CC(C)CNC(=O)CNC(=O)c1cc(Br)cn1C1CC1. The number of nitrogens with zero attached hydrogens (tertiary/aromatic N) is 1. The van der Waals surface area contributed by atoms with Crippen molar-refractivity contribution in [1.82, 2.24) is 15.2 Å². The van der Waals surface area contributed by atoms with Crippen molar-refractivity contribution >= 4 is 27.7 Å². The third-order valence-corrected chi connectivity index (χ3v) is 3.54. The Morgan fingerprint density at radius 2 is 2.10 bits per heavy atom. The van der Waals surface area contributed by atoms with Crippen molar-refractivity contribution in [3.63, 3.8) is 0 Å². The molecule has 1 heterocycles. The topological polar surface area (TPSA) is 63.1 Å². The van der Waals surface area contributed by atoms with Gasteiger partial charge in [0.1, 0.15) is 5.69 Å². The lowest BCUT2D eigenvalue weighted by Crippen LogP contribution is -2.38. The van der Waals surface area contributed by atoms with Crippen LogP contribution < -0.4 is 10.6 Å². The van der Waals surface area contributed by atoms with Gasteiger partial charge >= 0.3 is 0 Å². The van der Waals surface area contributed by atoms with E-state index in [2.05, 4.69) is 26.6 Å². The molecule has 1 saturated carbocycles. The van der Waals surface area contributed by atoms with Crippen LogP contribution >= 0.6 is 15.9 Å². The van der Waals surface area contributed by atoms with Crippen LogP contribution in [0.1, 0.15) is 43.2 Å². The molecule has 2 rings (SSSR count). The fourth-order valence-corrected chi connectivity index (χ4v) is 2.35. The molecule has 0 aliphatic heterocycles. The van der Waals surface area contributed by atoms with E-state index in [0.29, 0.717) is 24.2 Å². The van der Waals surface area contributed by atoms with Gasteiger partial charge in [0.2, 0.25) is 5.91 Å². The summed E-state index contributed by atoms with van der Waals surface area (Å²) in [7, 11) is 0. The van der Waals surface area contributed by atoms with Crippen molar-refractivity contribution in [2.75, 3.05) is 13.1 Å². The molecule has 2 amide bonds. The first-order valence-electron chi connectivity index (χ1n) is 6.89. The number of carbonyl (C=O) groups is 2. The van der Waals surface area contributed by atoms with E-state index >= 15 is 0 Å². The molecule has 0 atom stereocenters. The number of amides is 2. The summed E-state index contributed by atoms with van der Waals surface area (Å²) in [5.41, 5.74) is 0.607. The lowest BCUT2D eigenvalue weighted by molar-refractivity contribution is -0.120. The maximum atomic E-state index is 12.1. The molecule has 20 heavy (non-hydrogen) atoms. The Balaban J connectivity index is 1.87. The van der Waals surface area contributed by atoms with E-state index in [9.17, 15) is 9.59 Å². The number of hydrogen-bond donors (Lipinski definition) is 2. The van der Waals surface area contributed by atoms with E-state index in [1.165, 1.54) is 0 Å². The largest absolute Gasteiger partial charge is 0.354 e. The lowest BCUT2D eigenvalue weighted by atomic mass is 10.2. The minimum absolute atomic E-state index is 0.0129. The Labute approximate surface area is 127 Å². The average molecular weight is 342 g/mol. The van der Waals surface area contributed by atoms with Crippen LogP contribution in [0.4, 0.5) is 0 Å². The minimum Gasteiger partial charge on any atom is -0.354 e. The van der Waals surface area contributed by atoms with Crippen LogP contribution in [0.5, 0.6) is 0 Å². The Hall–Kier alpha value is -1.30. The van der Waals surface area contributed by atoms with Gasteiger partial charge in [0.15, 0.2) is 0 Å². The van der Waals surface area contributed by atoms with Crippen LogP contribution in [0.3, 0.4) is 0 Å². The molecule has 0 unspecified atom stereocenters. The van der Waals surface area contributed by atoms with Gasteiger partial charge in [-0.15, -0.1) is 0 Å². The number of aromatic nitrogens is 1. The summed E-state index contributed by atoms with van der Waals surface area (Å²) in [4.78, 5) is 23.7. The second-order valence-electron chi connectivity index (χ2n) is 5.56. The van der Waals surface area contributed by atoms with Gasteiger partial charge < -0.3 is 15.2 Å². The molecular weight excluding hydrogens is 322 g/mol. The van der Waals surface area contributed by atoms with Crippen LogP contribution in [-0.2, 0) is 4.79 Å². The minimum atomic E-state index is -0.206. The molecule has 0 saturated heterocycles. The van der Waals surface area contributed by atoms with Gasteiger partial charge in [-0.1, -0.05) is 13.8 Å². The average Bonchev–Trinajstić information content (AvgIpc) is 3.16. The van der Waals surface area contributed by atoms with Crippen molar-refractivity contribution in [3.05, 3.63) is 22.4 Å². The van der Waals surface area contributed by atoms with Crippen LogP contribution in [-0.4, -0.2) is 29.5 Å². The van der Waals surface area contributed by atoms with Crippen LogP contribution in [0.15, 0.2) is 16.7 Å². The van der Waals surface area contributed by atoms with Crippen molar-refractivity contribution in [2.45, 2.75) is 32.7 Å². The highest BCUT2D eigenvalue weighted by Crippen LogP contribution is 2.37. The predicted octanol–water partition coefficient (Wildman–Crippen LogP) is 2.09. The fourth-order valence-electron chi connectivity index (χ4n) is 1.91. The Morgan fingerprint density at radius 3 is 2.70 bits per heavy atom. The van der Waals surface area contributed by atoms with Crippen molar-refractivity contribution in [2.24, 2.45) is 5.92 Å². The smallest absolute Gasteiger partial charge is 0.268 e. The van der Waals surface area contributed by atoms with Crippen LogP contribution in [0, 0.1) is 5.92 Å². The summed E-state index contributed by atoms with van der Waals surface area (Å²) in [5, 5.41) is 5.44. The Morgan fingerprint density at radius 1 is 1.40 bits per heavy atom. The molecule has 2 N–H and O–H groups in total. The summed E-state index contributed by atoms with van der Waals surface area (Å²) in [6.45, 7) is 4.69. The second kappa shape index (κ2) is 6.43. The van der Waals surface area contributed by atoms with E-state index in [-0.39, 0.29) is 18.4 Å². The van der Waals surface area contributed by atoms with Crippen LogP contribution in [0.25, 0.3) is 0 Å². The highest BCUT2D eigenvalue weighted by atomic mass is 79.9. The van der Waals surface area contributed by atoms with Crippen molar-refractivity contribution in [1.29, 1.82) is 0 Å². The molecule has 1 aliphatic rings. The van der Waals surface area contributed by atoms with Gasteiger partial charge in [0.05, 0.1) is 6.54 Å². The summed E-state index contributed by atoms with van der Waals surface area (Å²) in [6, 6.07) is 2.22. The van der Waals surface area contributed by atoms with Gasteiger partial charge in [0.25, 0.3) is 5.91 Å². The zero-order valence-electron chi connectivity index (χ0n) is 11.8. The molecule has 0 aromatic carbocycles. The van der Waals surface area contributed by atoms with E-state index in [1.54, 1.807) is 6.07 Å². The number of hydrogen-bond acceptors (Lipinski definition) is 2. The molecule has 110 valence electrons. The quantitative estimate of drug-likeness (QED) is 0.832. The number of rotatable bonds is 6. The molecule has 1 fully saturated rings. The molecule has 0 spiro atoms. The highest BCUT2D eigenvalue weighted by Gasteiger charge is 2.27. The monoisotopic (exact) mass is 341 g/mol. The molecule has 5 nitrogen and oxygen atoms in total. The molecule has 6 heteroatoms. The van der Waals surface area contributed by atoms with E-state index in [4.69, 9.17) is 0 Å². The second-order valence-corrected chi connectivity index (χ2v) is 6.48. The van der Waals surface area contributed by atoms with Crippen molar-refractivity contribution in [3.8, 4) is 0 Å². The molecule has 0 bridgehead atoms. The first-order valence-corrected chi connectivity index (χ1v) is 7.69. The molecule has 0 radical (unpaired) electrons. The zero-order chi connectivity index (χ0) is 14.7. The normalized spacial score (nSPS) is 14.4. The third-order valence-electron chi connectivity index (χ3n) is 3.11. The first-order chi connectivity index (χ1) is 9.47. The number of carbonyl (C=O) groups excluding carboxylic acids is 2. The Kier molecular flexibility index (Phi) is 4.86. The number of halogens is 1. The van der Waals surface area contributed by atoms with E-state index < -0.39 is 0 Å². The van der Waals surface area contributed by atoms with Gasteiger partial charge in [-0.05, 0) is 40.8 Å². The maximum absolute atomic E-state index is 12.1. The summed E-state index contributed by atoms with van der Waals surface area (Å²) in [6.07, 6.45) is 4.14. The highest BCUT2D eigenvalue weighted by molar-refractivity contribution is 9.10. The number of nitrogens with one attached hydrogen (secondary N) is 2. The van der Waals surface area contributed by atoms with Gasteiger partial charge in [-0.2, -0.15) is 0 Å². The molecule has 1 aliphatic carbocycles. The van der Waals surface area contributed by atoms with Gasteiger partial charge in [0, 0.05) is 23.3 Å². The Bertz CT molecular complexity index is 507. The third kappa shape index (κ3) is 4.10. The van der Waals surface area contributed by atoms with Gasteiger partial charge in [-0.3, -0.25) is 9.59 Å². The van der Waals surface area contributed by atoms with E-state index in [1.807, 2.05) is 24.6 Å². The molecular formula is C14H20BrN3O2. The standard InChI is InChI=1S/C14H20BrN3O2/c1-9(2)6-16-13(19)7-17-14(20)12-5-10(15)8-18(12)11-3-4-11/h5,8-9,11H,3-4,6-7H2,1-2H3,(H,16,19)(H,17,20). The first kappa shape index (κ1) is 15.1. The fraction of sp³-hybridized carbons (Fsp3) is 0.571. The van der Waals surface area contributed by atoms with Gasteiger partial charge in [-0.25, -0.2) is 0 Å². The maximum Gasteiger partial charge on any atom is 0.268 e. The zero-order valence-corrected chi connectivity index (χ0v) is 13.4.